The maximum atomic E-state index is 3.00. The summed E-state index contributed by atoms with van der Waals surface area (Å²) in [7, 11) is -1.64. The molecule has 3 rings (SSSR count). The predicted molar refractivity (Wildman–Crippen MR) is 109 cm³/mol. The van der Waals surface area contributed by atoms with E-state index in [0.29, 0.717) is 5.54 Å². The SMILES string of the molecule is [CH3][Ti]([CH3])[N](C(C)(C)C)[Si](C)(C)C1C=C(N2CCCC2)c2ccccc21. The Kier molecular flexibility index (Phi) is 5.43. The van der Waals surface area contributed by atoms with Crippen molar-refractivity contribution < 1.29 is 18.1 Å². The second kappa shape index (κ2) is 6.99. The molecule has 1 unspecified atom stereocenters. The number of benzene rings is 1. The van der Waals surface area contributed by atoms with Crippen molar-refractivity contribution in [2.24, 2.45) is 0 Å². The fraction of sp³-hybridized carbons (Fsp3) is 0.619. The summed E-state index contributed by atoms with van der Waals surface area (Å²) >= 11 is -1.19. The zero-order chi connectivity index (χ0) is 18.4. The average molecular weight is 391 g/mol. The van der Waals surface area contributed by atoms with Crippen LogP contribution in [0.15, 0.2) is 30.3 Å². The van der Waals surface area contributed by atoms with Crippen LogP contribution in [0.25, 0.3) is 5.70 Å². The van der Waals surface area contributed by atoms with Crippen LogP contribution in [0.1, 0.15) is 50.3 Å². The average Bonchev–Trinajstić information content (AvgIpc) is 3.12. The van der Waals surface area contributed by atoms with Crippen molar-refractivity contribution in [3.8, 4) is 0 Å². The van der Waals surface area contributed by atoms with Gasteiger partial charge < -0.3 is 0 Å². The van der Waals surface area contributed by atoms with E-state index in [1.54, 1.807) is 5.56 Å². The van der Waals surface area contributed by atoms with Gasteiger partial charge in [0, 0.05) is 0 Å². The van der Waals surface area contributed by atoms with E-state index in [2.05, 4.69) is 82.6 Å². The molecule has 0 bridgehead atoms. The van der Waals surface area contributed by atoms with E-state index < -0.39 is 26.4 Å². The van der Waals surface area contributed by atoms with Crippen LogP contribution in [0, 0.1) is 0 Å². The second-order valence-electron chi connectivity index (χ2n) is 9.42. The van der Waals surface area contributed by atoms with Crippen molar-refractivity contribution in [2.75, 3.05) is 13.1 Å². The van der Waals surface area contributed by atoms with E-state index in [9.17, 15) is 0 Å². The van der Waals surface area contributed by atoms with Gasteiger partial charge in [0.25, 0.3) is 0 Å². The third kappa shape index (κ3) is 3.58. The molecule has 0 aromatic heterocycles. The minimum absolute atomic E-state index is 0.272. The van der Waals surface area contributed by atoms with Crippen LogP contribution in [0.3, 0.4) is 0 Å². The summed E-state index contributed by atoms with van der Waals surface area (Å²) in [5, 5.41) is 5.07. The van der Waals surface area contributed by atoms with Gasteiger partial charge in [-0.2, -0.15) is 0 Å². The molecule has 1 fully saturated rings. The molecule has 1 atom stereocenters. The first-order valence-electron chi connectivity index (χ1n) is 9.80. The van der Waals surface area contributed by atoms with Crippen molar-refractivity contribution in [2.45, 2.75) is 68.2 Å². The molecule has 0 spiro atoms. The number of rotatable bonds is 4. The van der Waals surface area contributed by atoms with Gasteiger partial charge >= 0.3 is 163 Å². The number of likely N-dealkylation sites (tertiary alicyclic amines) is 1. The molecule has 1 saturated heterocycles. The van der Waals surface area contributed by atoms with E-state index >= 15 is 0 Å². The number of allylic oxidation sites excluding steroid dienone is 1. The molecule has 0 radical (unpaired) electrons. The summed E-state index contributed by atoms with van der Waals surface area (Å²) in [5.41, 5.74) is 5.52. The molecule has 2 aliphatic rings. The standard InChI is InChI=1S/C19H29N2Si.2CH3.Ti/c1-19(2,3)20-22(4,5)18-14-17(21-12-8-9-13-21)15-10-6-7-11-16(15)18;;;/h6-7,10-11,14,18H,8-9,12-13H2,1-5H3;2*1H3;/q-1;;;+1. The van der Waals surface area contributed by atoms with E-state index in [4.69, 9.17) is 0 Å². The molecule has 0 amide bonds. The summed E-state index contributed by atoms with van der Waals surface area (Å²) in [4.78, 5) is 2.64. The summed E-state index contributed by atoms with van der Waals surface area (Å²) < 4.78 is 3.00. The van der Waals surface area contributed by atoms with Crippen LogP contribution in [-0.4, -0.2) is 34.8 Å². The number of hydrogen-bond acceptors (Lipinski definition) is 2. The summed E-state index contributed by atoms with van der Waals surface area (Å²) in [5.74, 6) is 0. The van der Waals surface area contributed by atoms with Crippen molar-refractivity contribution in [1.82, 2.24) is 7.95 Å². The van der Waals surface area contributed by atoms with Crippen LogP contribution in [0.5, 0.6) is 0 Å². The molecule has 25 heavy (non-hydrogen) atoms. The van der Waals surface area contributed by atoms with Crippen LogP contribution in [0.2, 0.25) is 23.6 Å². The molecule has 1 heterocycles. The van der Waals surface area contributed by atoms with Crippen LogP contribution in [0.4, 0.5) is 0 Å². The van der Waals surface area contributed by atoms with Crippen molar-refractivity contribution in [3.63, 3.8) is 0 Å². The van der Waals surface area contributed by atoms with Gasteiger partial charge in [-0.15, -0.1) is 0 Å². The Balaban J connectivity index is 2.06. The predicted octanol–water partition coefficient (Wildman–Crippen LogP) is 5.69. The van der Waals surface area contributed by atoms with Gasteiger partial charge in [-0.3, -0.25) is 0 Å². The van der Waals surface area contributed by atoms with Crippen molar-refractivity contribution >= 4 is 13.9 Å². The number of nitrogens with zero attached hydrogens (tertiary/aromatic N) is 2. The van der Waals surface area contributed by atoms with Gasteiger partial charge in [0.15, 0.2) is 0 Å². The Morgan fingerprint density at radius 3 is 2.24 bits per heavy atom. The summed E-state index contributed by atoms with van der Waals surface area (Å²) in [6, 6.07) is 9.23. The first-order chi connectivity index (χ1) is 11.6. The van der Waals surface area contributed by atoms with E-state index in [0.717, 1.165) is 0 Å². The van der Waals surface area contributed by atoms with Gasteiger partial charge in [-0.1, -0.05) is 0 Å². The maximum absolute atomic E-state index is 3.00. The zero-order valence-corrected chi connectivity index (χ0v) is 19.7. The monoisotopic (exact) mass is 391 g/mol. The van der Waals surface area contributed by atoms with Gasteiger partial charge in [0.2, 0.25) is 0 Å². The first-order valence-corrected chi connectivity index (χ1v) is 16.6. The molecule has 1 aliphatic heterocycles. The molecule has 0 N–H and O–H groups in total. The van der Waals surface area contributed by atoms with E-state index in [1.807, 2.05) is 0 Å². The number of hydrogen-bond donors (Lipinski definition) is 0. The Morgan fingerprint density at radius 1 is 1.08 bits per heavy atom. The molecule has 1 aromatic rings. The van der Waals surface area contributed by atoms with Crippen LogP contribution in [-0.2, 0) is 18.1 Å². The second-order valence-corrected chi connectivity index (χ2v) is 18.1. The Morgan fingerprint density at radius 2 is 1.68 bits per heavy atom. The third-order valence-corrected chi connectivity index (χ3v) is 16.6. The third-order valence-electron chi connectivity index (χ3n) is 5.80. The van der Waals surface area contributed by atoms with E-state index in [-0.39, 0.29) is 5.54 Å². The van der Waals surface area contributed by atoms with Gasteiger partial charge in [0.05, 0.1) is 0 Å². The fourth-order valence-corrected chi connectivity index (χ4v) is 18.3. The molecule has 4 heteroatoms. The van der Waals surface area contributed by atoms with Crippen molar-refractivity contribution in [1.29, 1.82) is 0 Å². The number of fused-ring (bicyclic) bond motifs is 1. The molecule has 1 aromatic carbocycles. The first kappa shape index (κ1) is 19.4. The van der Waals surface area contributed by atoms with E-state index in [1.165, 1.54) is 37.2 Å². The topological polar surface area (TPSA) is 6.48 Å². The van der Waals surface area contributed by atoms with Gasteiger partial charge in [-0.25, -0.2) is 0 Å². The molecular formula is C21H35N2SiTi. The normalized spacial score (nSPS) is 20.9. The Bertz CT molecular complexity index is 654. The van der Waals surface area contributed by atoms with Crippen molar-refractivity contribution in [3.05, 3.63) is 41.5 Å². The van der Waals surface area contributed by atoms with Crippen LogP contribution < -0.4 is 0 Å². The Hall–Kier alpha value is -0.349. The summed E-state index contributed by atoms with van der Waals surface area (Å²) in [6.45, 7) is 15.0. The molecule has 2 nitrogen and oxygen atoms in total. The fourth-order valence-electron chi connectivity index (χ4n) is 5.41. The molecule has 1 aliphatic carbocycles. The zero-order valence-electron chi connectivity index (χ0n) is 17.2. The van der Waals surface area contributed by atoms with Crippen LogP contribution >= 0.6 is 0 Å². The molecule has 137 valence electrons. The quantitative estimate of drug-likeness (QED) is 0.608. The van der Waals surface area contributed by atoms with Gasteiger partial charge in [-0.05, 0) is 0 Å². The minimum atomic E-state index is -1.64. The Labute approximate surface area is 162 Å². The molecular weight excluding hydrogens is 356 g/mol. The molecule has 0 saturated carbocycles. The summed E-state index contributed by atoms with van der Waals surface area (Å²) in [6.07, 6.45) is 5.35. The van der Waals surface area contributed by atoms with Gasteiger partial charge in [0.1, 0.15) is 0 Å².